The number of rotatable bonds is 6. The van der Waals surface area contributed by atoms with Crippen LogP contribution in [0.25, 0.3) is 21.5 Å². The number of thiophene rings is 1. The molecule has 0 atom stereocenters. The molecule has 8 nitrogen and oxygen atoms in total. The number of carboxylic acid groups (broad SMARTS) is 1. The van der Waals surface area contributed by atoms with Crippen molar-refractivity contribution >= 4 is 56.7 Å². The molecule has 0 spiro atoms. The SMILES string of the molecule is O=C(O)CC1CCC(c2csc3c(-c4ccc(NC(=O)Nc5cc(Cl)ccn5)cc4)ncnc23)CC1. The fourth-order valence-electron chi connectivity index (χ4n) is 4.75. The van der Waals surface area contributed by atoms with E-state index in [4.69, 9.17) is 16.7 Å². The number of carbonyl (C=O) groups excluding carboxylic acids is 1. The summed E-state index contributed by atoms with van der Waals surface area (Å²) >= 11 is 7.57. The number of anilines is 2. The van der Waals surface area contributed by atoms with Gasteiger partial charge in [-0.25, -0.2) is 19.7 Å². The molecule has 0 saturated heterocycles. The van der Waals surface area contributed by atoms with Gasteiger partial charge in [0.05, 0.1) is 15.9 Å². The minimum Gasteiger partial charge on any atom is -0.481 e. The van der Waals surface area contributed by atoms with Gasteiger partial charge in [-0.15, -0.1) is 11.3 Å². The summed E-state index contributed by atoms with van der Waals surface area (Å²) < 4.78 is 1.03. The molecular formula is C26H24ClN5O3S. The van der Waals surface area contributed by atoms with Crippen molar-refractivity contribution in [2.45, 2.75) is 38.0 Å². The van der Waals surface area contributed by atoms with E-state index >= 15 is 0 Å². The Labute approximate surface area is 216 Å². The molecule has 10 heteroatoms. The molecule has 3 heterocycles. The highest BCUT2D eigenvalue weighted by atomic mass is 35.5. The predicted octanol–water partition coefficient (Wildman–Crippen LogP) is 6.80. The average Bonchev–Trinajstić information content (AvgIpc) is 3.29. The lowest BCUT2D eigenvalue weighted by atomic mass is 9.78. The summed E-state index contributed by atoms with van der Waals surface area (Å²) in [7, 11) is 0. The largest absolute Gasteiger partial charge is 0.481 e. The van der Waals surface area contributed by atoms with Crippen molar-refractivity contribution in [3.63, 3.8) is 0 Å². The molecule has 1 saturated carbocycles. The zero-order valence-electron chi connectivity index (χ0n) is 19.3. The zero-order valence-corrected chi connectivity index (χ0v) is 20.9. The fourth-order valence-corrected chi connectivity index (χ4v) is 6.03. The fraction of sp³-hybridized carbons (Fsp3) is 0.269. The Morgan fingerprint density at radius 3 is 2.53 bits per heavy atom. The number of aromatic nitrogens is 3. The van der Waals surface area contributed by atoms with Crippen LogP contribution in [-0.2, 0) is 4.79 Å². The number of benzene rings is 1. The second-order valence-electron chi connectivity index (χ2n) is 8.92. The van der Waals surface area contributed by atoms with Crippen LogP contribution >= 0.6 is 22.9 Å². The zero-order chi connectivity index (χ0) is 25.1. The van der Waals surface area contributed by atoms with Gasteiger partial charge in [0.25, 0.3) is 0 Å². The summed E-state index contributed by atoms with van der Waals surface area (Å²) in [4.78, 5) is 36.5. The van der Waals surface area contributed by atoms with E-state index in [1.165, 1.54) is 11.8 Å². The maximum absolute atomic E-state index is 12.3. The standard InChI is InChI=1S/C26H24ClN5O3S/c27-18-9-10-28-21(12-18)32-26(35)31-19-7-5-17(6-8-19)23-25-24(30-14-29-23)20(13-36-25)16-3-1-15(2-4-16)11-22(33)34/h5-10,12-16H,1-4,11H2,(H,33,34)(H2,28,31,32,35). The van der Waals surface area contributed by atoms with Crippen LogP contribution in [-0.4, -0.2) is 32.1 Å². The lowest BCUT2D eigenvalue weighted by Crippen LogP contribution is -2.19. The lowest BCUT2D eigenvalue weighted by molar-refractivity contribution is -0.138. The normalized spacial score (nSPS) is 17.6. The van der Waals surface area contributed by atoms with Crippen LogP contribution in [0.15, 0.2) is 54.3 Å². The molecule has 36 heavy (non-hydrogen) atoms. The molecule has 2 amide bonds. The molecule has 0 unspecified atom stereocenters. The van der Waals surface area contributed by atoms with Crippen LogP contribution in [0.4, 0.5) is 16.3 Å². The third-order valence-corrected chi connectivity index (χ3v) is 7.74. The number of nitrogens with one attached hydrogen (secondary N) is 2. The Morgan fingerprint density at radius 1 is 1.03 bits per heavy atom. The van der Waals surface area contributed by atoms with Crippen molar-refractivity contribution in [2.24, 2.45) is 5.92 Å². The maximum Gasteiger partial charge on any atom is 0.324 e. The number of hydrogen-bond donors (Lipinski definition) is 3. The number of carboxylic acids is 1. The van der Waals surface area contributed by atoms with Crippen molar-refractivity contribution < 1.29 is 14.7 Å². The highest BCUT2D eigenvalue weighted by Gasteiger charge is 2.26. The quantitative estimate of drug-likeness (QED) is 0.257. The minimum atomic E-state index is -0.711. The molecule has 1 fully saturated rings. The summed E-state index contributed by atoms with van der Waals surface area (Å²) in [5.74, 6) is 0.316. The second-order valence-corrected chi connectivity index (χ2v) is 10.2. The average molecular weight is 522 g/mol. The Bertz CT molecular complexity index is 1400. The topological polar surface area (TPSA) is 117 Å². The van der Waals surface area contributed by atoms with Gasteiger partial charge in [-0.3, -0.25) is 10.1 Å². The van der Waals surface area contributed by atoms with E-state index in [2.05, 4.69) is 31.0 Å². The van der Waals surface area contributed by atoms with Gasteiger partial charge in [-0.2, -0.15) is 0 Å². The first-order valence-corrected chi connectivity index (χ1v) is 13.0. The Kier molecular flexibility index (Phi) is 7.11. The molecule has 5 rings (SSSR count). The molecule has 1 aliphatic carbocycles. The van der Waals surface area contributed by atoms with Crippen LogP contribution in [0.1, 0.15) is 43.6 Å². The first-order chi connectivity index (χ1) is 17.5. The van der Waals surface area contributed by atoms with E-state index in [0.717, 1.165) is 47.2 Å². The lowest BCUT2D eigenvalue weighted by Gasteiger charge is -2.27. The van der Waals surface area contributed by atoms with Crippen molar-refractivity contribution in [3.05, 3.63) is 64.9 Å². The monoisotopic (exact) mass is 521 g/mol. The number of halogens is 1. The number of aliphatic carboxylic acids is 1. The molecule has 4 aromatic rings. The van der Waals surface area contributed by atoms with Gasteiger partial charge < -0.3 is 10.4 Å². The second kappa shape index (κ2) is 10.6. The molecule has 3 aromatic heterocycles. The van der Waals surface area contributed by atoms with Gasteiger partial charge in [0.15, 0.2) is 0 Å². The first kappa shape index (κ1) is 24.1. The Morgan fingerprint density at radius 2 is 1.81 bits per heavy atom. The van der Waals surface area contributed by atoms with Crippen molar-refractivity contribution in [2.75, 3.05) is 10.6 Å². The molecule has 0 bridgehead atoms. The van der Waals surface area contributed by atoms with Gasteiger partial charge >= 0.3 is 12.0 Å². The smallest absolute Gasteiger partial charge is 0.324 e. The first-order valence-electron chi connectivity index (χ1n) is 11.7. The van der Waals surface area contributed by atoms with Gasteiger partial charge in [0.2, 0.25) is 0 Å². The number of hydrogen-bond acceptors (Lipinski definition) is 6. The van der Waals surface area contributed by atoms with Crippen LogP contribution in [0.5, 0.6) is 0 Å². The van der Waals surface area contributed by atoms with E-state index in [1.807, 2.05) is 24.3 Å². The molecule has 1 aliphatic rings. The molecule has 1 aromatic carbocycles. The number of urea groups is 1. The number of amides is 2. The van der Waals surface area contributed by atoms with Crippen LogP contribution < -0.4 is 10.6 Å². The maximum atomic E-state index is 12.3. The van der Waals surface area contributed by atoms with Gasteiger partial charge in [0, 0.05) is 28.9 Å². The number of nitrogens with zero attached hydrogens (tertiary/aromatic N) is 3. The van der Waals surface area contributed by atoms with Crippen molar-refractivity contribution in [1.29, 1.82) is 0 Å². The number of pyridine rings is 1. The molecular weight excluding hydrogens is 498 g/mol. The van der Waals surface area contributed by atoms with E-state index in [1.54, 1.807) is 29.8 Å². The van der Waals surface area contributed by atoms with Crippen LogP contribution in [0.3, 0.4) is 0 Å². The van der Waals surface area contributed by atoms with E-state index < -0.39 is 12.0 Å². The molecule has 184 valence electrons. The van der Waals surface area contributed by atoms with Crippen LogP contribution in [0.2, 0.25) is 5.02 Å². The van der Waals surface area contributed by atoms with Gasteiger partial charge in [0.1, 0.15) is 12.1 Å². The Balaban J connectivity index is 1.29. The summed E-state index contributed by atoms with van der Waals surface area (Å²) in [5.41, 5.74) is 4.63. The van der Waals surface area contributed by atoms with Gasteiger partial charge in [-0.05, 0) is 72.7 Å². The van der Waals surface area contributed by atoms with E-state index in [-0.39, 0.29) is 12.3 Å². The van der Waals surface area contributed by atoms with Crippen molar-refractivity contribution in [3.8, 4) is 11.3 Å². The summed E-state index contributed by atoms with van der Waals surface area (Å²) in [6, 6.07) is 10.3. The molecule has 0 radical (unpaired) electrons. The highest BCUT2D eigenvalue weighted by molar-refractivity contribution is 7.17. The molecule has 0 aliphatic heterocycles. The van der Waals surface area contributed by atoms with E-state index in [9.17, 15) is 9.59 Å². The third kappa shape index (κ3) is 5.47. The minimum absolute atomic E-state index is 0.257. The summed E-state index contributed by atoms with van der Waals surface area (Å²) in [6.07, 6.45) is 7.21. The van der Waals surface area contributed by atoms with Crippen molar-refractivity contribution in [1.82, 2.24) is 15.0 Å². The Hall–Kier alpha value is -3.56. The van der Waals surface area contributed by atoms with Crippen LogP contribution in [0, 0.1) is 5.92 Å². The number of carbonyl (C=O) groups is 2. The summed E-state index contributed by atoms with van der Waals surface area (Å²) in [5, 5.41) is 17.2. The third-order valence-electron chi connectivity index (χ3n) is 6.51. The predicted molar refractivity (Wildman–Crippen MR) is 142 cm³/mol. The molecule has 3 N–H and O–H groups in total. The number of fused-ring (bicyclic) bond motifs is 1. The van der Waals surface area contributed by atoms with Gasteiger partial charge in [-0.1, -0.05) is 23.7 Å². The highest BCUT2D eigenvalue weighted by Crippen LogP contribution is 2.42. The summed E-state index contributed by atoms with van der Waals surface area (Å²) in [6.45, 7) is 0. The van der Waals surface area contributed by atoms with E-state index in [0.29, 0.717) is 22.4 Å².